The minimum atomic E-state index is -0.149. The molecule has 0 aromatic carbocycles. The molecule has 6 heteroatoms. The second kappa shape index (κ2) is 4.38. The van der Waals surface area contributed by atoms with Crippen LogP contribution in [0.15, 0.2) is 23.3 Å². The summed E-state index contributed by atoms with van der Waals surface area (Å²) in [5.74, 6) is 0.612. The number of aromatic nitrogens is 3. The third kappa shape index (κ3) is 1.95. The van der Waals surface area contributed by atoms with Crippen LogP contribution in [-0.4, -0.2) is 22.3 Å². The summed E-state index contributed by atoms with van der Waals surface area (Å²) >= 11 is 0. The number of nitrogens with zero attached hydrogens (tertiary/aromatic N) is 3. The lowest BCUT2D eigenvalue weighted by Crippen LogP contribution is -2.21. The summed E-state index contributed by atoms with van der Waals surface area (Å²) in [6.45, 7) is 3.27. The highest BCUT2D eigenvalue weighted by atomic mass is 16.5. The molecule has 2 aromatic heterocycles. The number of nitrogens with one attached hydrogen (secondary N) is 1. The van der Waals surface area contributed by atoms with E-state index in [9.17, 15) is 4.79 Å². The lowest BCUT2D eigenvalue weighted by Gasteiger charge is -2.18. The highest BCUT2D eigenvalue weighted by Gasteiger charge is 2.22. The molecule has 0 spiro atoms. The van der Waals surface area contributed by atoms with Crippen LogP contribution in [0.2, 0.25) is 0 Å². The fourth-order valence-corrected chi connectivity index (χ4v) is 2.31. The molecular weight excluding hydrogens is 244 g/mol. The molecule has 0 saturated carbocycles. The number of aromatic amines is 1. The molecule has 3 rings (SSSR count). The number of hydrogen-bond donors (Lipinski definition) is 1. The molecule has 0 fully saturated rings. The molecule has 1 aliphatic heterocycles. The Morgan fingerprint density at radius 1 is 1.32 bits per heavy atom. The minimum Gasteiger partial charge on any atom is -0.481 e. The summed E-state index contributed by atoms with van der Waals surface area (Å²) < 4.78 is 5.13. The Kier molecular flexibility index (Phi) is 2.70. The van der Waals surface area contributed by atoms with Gasteiger partial charge in [-0.15, -0.1) is 0 Å². The molecule has 6 nitrogen and oxygen atoms in total. The van der Waals surface area contributed by atoms with Crippen molar-refractivity contribution in [1.29, 1.82) is 0 Å². The summed E-state index contributed by atoms with van der Waals surface area (Å²) in [5, 5.41) is 6.30. The average Bonchev–Trinajstić information content (AvgIpc) is 2.84. The SMILES string of the molecule is COc1cc2c(cn1)CN(c1cn[nH]c(=O)c1C)C2. The van der Waals surface area contributed by atoms with Crippen LogP contribution in [0, 0.1) is 6.92 Å². The van der Waals surface area contributed by atoms with Crippen molar-refractivity contribution < 1.29 is 4.74 Å². The number of rotatable bonds is 2. The average molecular weight is 258 g/mol. The molecule has 0 atom stereocenters. The first kappa shape index (κ1) is 11.7. The van der Waals surface area contributed by atoms with Crippen molar-refractivity contribution in [2.45, 2.75) is 20.0 Å². The molecule has 0 aliphatic carbocycles. The molecule has 98 valence electrons. The molecular formula is C13H14N4O2. The fourth-order valence-electron chi connectivity index (χ4n) is 2.31. The molecule has 2 aromatic rings. The van der Waals surface area contributed by atoms with Crippen LogP contribution < -0.4 is 15.2 Å². The van der Waals surface area contributed by atoms with E-state index in [0.29, 0.717) is 11.4 Å². The van der Waals surface area contributed by atoms with E-state index >= 15 is 0 Å². The van der Waals surface area contributed by atoms with Gasteiger partial charge in [0.15, 0.2) is 0 Å². The van der Waals surface area contributed by atoms with E-state index in [1.807, 2.05) is 12.3 Å². The van der Waals surface area contributed by atoms with Crippen molar-refractivity contribution in [1.82, 2.24) is 15.2 Å². The normalized spacial score (nSPS) is 13.5. The summed E-state index contributed by atoms with van der Waals surface area (Å²) in [4.78, 5) is 17.9. The maximum atomic E-state index is 11.6. The van der Waals surface area contributed by atoms with Gasteiger partial charge in [0, 0.05) is 30.9 Å². The summed E-state index contributed by atoms with van der Waals surface area (Å²) in [6, 6.07) is 1.94. The molecule has 0 radical (unpaired) electrons. The van der Waals surface area contributed by atoms with Gasteiger partial charge in [0.25, 0.3) is 5.56 Å². The smallest absolute Gasteiger partial charge is 0.269 e. The van der Waals surface area contributed by atoms with Gasteiger partial charge in [-0.25, -0.2) is 10.1 Å². The third-order valence-corrected chi connectivity index (χ3v) is 3.41. The Morgan fingerprint density at radius 3 is 2.89 bits per heavy atom. The topological polar surface area (TPSA) is 71.1 Å². The number of anilines is 1. The van der Waals surface area contributed by atoms with E-state index in [2.05, 4.69) is 20.1 Å². The monoisotopic (exact) mass is 258 g/mol. The molecule has 1 aliphatic rings. The number of fused-ring (bicyclic) bond motifs is 1. The van der Waals surface area contributed by atoms with Crippen molar-refractivity contribution in [3.05, 3.63) is 45.5 Å². The lowest BCUT2D eigenvalue weighted by atomic mass is 10.2. The van der Waals surface area contributed by atoms with E-state index in [-0.39, 0.29) is 5.56 Å². The first-order valence-corrected chi connectivity index (χ1v) is 6.00. The van der Waals surface area contributed by atoms with Crippen LogP contribution in [0.4, 0.5) is 5.69 Å². The third-order valence-electron chi connectivity index (χ3n) is 3.41. The van der Waals surface area contributed by atoms with Crippen LogP contribution in [-0.2, 0) is 13.1 Å². The second-order valence-electron chi connectivity index (χ2n) is 4.56. The molecule has 3 heterocycles. The van der Waals surface area contributed by atoms with E-state index in [4.69, 9.17) is 4.74 Å². The van der Waals surface area contributed by atoms with E-state index in [0.717, 1.165) is 24.3 Å². The number of methoxy groups -OCH3 is 1. The molecule has 0 amide bonds. The van der Waals surface area contributed by atoms with Crippen molar-refractivity contribution in [3.63, 3.8) is 0 Å². The largest absolute Gasteiger partial charge is 0.481 e. The van der Waals surface area contributed by atoms with Gasteiger partial charge in [-0.05, 0) is 18.1 Å². The van der Waals surface area contributed by atoms with Crippen LogP contribution in [0.5, 0.6) is 5.88 Å². The number of H-pyrrole nitrogens is 1. The predicted molar refractivity (Wildman–Crippen MR) is 70.3 cm³/mol. The van der Waals surface area contributed by atoms with Crippen LogP contribution in [0.1, 0.15) is 16.7 Å². The minimum absolute atomic E-state index is 0.149. The first-order chi connectivity index (χ1) is 9.19. The highest BCUT2D eigenvalue weighted by Crippen LogP contribution is 2.29. The molecule has 0 unspecified atom stereocenters. The zero-order valence-electron chi connectivity index (χ0n) is 10.8. The zero-order valence-corrected chi connectivity index (χ0v) is 10.8. The van der Waals surface area contributed by atoms with Crippen LogP contribution in [0.3, 0.4) is 0 Å². The highest BCUT2D eigenvalue weighted by molar-refractivity contribution is 5.54. The van der Waals surface area contributed by atoms with E-state index in [1.165, 1.54) is 5.56 Å². The molecule has 1 N–H and O–H groups in total. The van der Waals surface area contributed by atoms with Crippen molar-refractivity contribution in [3.8, 4) is 5.88 Å². The summed E-state index contributed by atoms with van der Waals surface area (Å²) in [7, 11) is 1.60. The number of pyridine rings is 1. The van der Waals surface area contributed by atoms with E-state index < -0.39 is 0 Å². The van der Waals surface area contributed by atoms with Crippen molar-refractivity contribution in [2.24, 2.45) is 0 Å². The van der Waals surface area contributed by atoms with Crippen molar-refractivity contribution >= 4 is 5.69 Å². The number of ether oxygens (including phenoxy) is 1. The summed E-state index contributed by atoms with van der Waals surface area (Å²) in [6.07, 6.45) is 3.51. The Labute approximate surface area is 110 Å². The van der Waals surface area contributed by atoms with Gasteiger partial charge in [0.1, 0.15) is 0 Å². The van der Waals surface area contributed by atoms with Gasteiger partial charge in [0.05, 0.1) is 19.0 Å². The Morgan fingerprint density at radius 2 is 2.11 bits per heavy atom. The van der Waals surface area contributed by atoms with E-state index in [1.54, 1.807) is 20.2 Å². The van der Waals surface area contributed by atoms with Gasteiger partial charge < -0.3 is 9.64 Å². The van der Waals surface area contributed by atoms with Gasteiger partial charge in [-0.3, -0.25) is 4.79 Å². The quantitative estimate of drug-likeness (QED) is 0.870. The second-order valence-corrected chi connectivity index (χ2v) is 4.56. The van der Waals surface area contributed by atoms with Crippen LogP contribution >= 0.6 is 0 Å². The number of hydrogen-bond acceptors (Lipinski definition) is 5. The summed E-state index contributed by atoms with van der Waals surface area (Å²) in [5.41, 5.74) is 3.72. The predicted octanol–water partition coefficient (Wildman–Crippen LogP) is 1.00. The van der Waals surface area contributed by atoms with Crippen molar-refractivity contribution in [2.75, 3.05) is 12.0 Å². The lowest BCUT2D eigenvalue weighted by molar-refractivity contribution is 0.397. The maximum Gasteiger partial charge on any atom is 0.269 e. The van der Waals surface area contributed by atoms with Crippen LogP contribution in [0.25, 0.3) is 0 Å². The van der Waals surface area contributed by atoms with Gasteiger partial charge in [0.2, 0.25) is 5.88 Å². The molecule has 0 bridgehead atoms. The Hall–Kier alpha value is -2.37. The standard InChI is InChI=1S/C13H14N4O2/c1-8-11(5-15-16-13(8)18)17-6-9-3-12(19-2)14-4-10(9)7-17/h3-5H,6-7H2,1-2H3,(H,16,18). The Bertz CT molecular complexity index is 681. The Balaban J connectivity index is 1.95. The molecule has 19 heavy (non-hydrogen) atoms. The maximum absolute atomic E-state index is 11.6. The van der Waals surface area contributed by atoms with Gasteiger partial charge in [-0.2, -0.15) is 5.10 Å². The first-order valence-electron chi connectivity index (χ1n) is 6.00. The zero-order chi connectivity index (χ0) is 13.4. The molecule has 0 saturated heterocycles. The van der Waals surface area contributed by atoms with Gasteiger partial charge in [-0.1, -0.05) is 0 Å². The fraction of sp³-hybridized carbons (Fsp3) is 0.308. The van der Waals surface area contributed by atoms with Gasteiger partial charge >= 0.3 is 0 Å².